The third kappa shape index (κ3) is 4.10. The van der Waals surface area contributed by atoms with Crippen LogP contribution in [-0.4, -0.2) is 39.0 Å². The van der Waals surface area contributed by atoms with Gasteiger partial charge in [0, 0.05) is 10.7 Å². The summed E-state index contributed by atoms with van der Waals surface area (Å²) in [4.78, 5) is 24.9. The predicted molar refractivity (Wildman–Crippen MR) is 111 cm³/mol. The van der Waals surface area contributed by atoms with E-state index in [1.807, 2.05) is 0 Å². The van der Waals surface area contributed by atoms with Gasteiger partial charge in [-0.15, -0.1) is 10.2 Å². The molecule has 1 N–H and O–H groups in total. The van der Waals surface area contributed by atoms with Crippen LogP contribution in [0.25, 0.3) is 5.65 Å². The number of nitrogens with one attached hydrogen (secondary N) is 1. The van der Waals surface area contributed by atoms with Gasteiger partial charge in [-0.2, -0.15) is 4.52 Å². The Bertz CT molecular complexity index is 1260. The first-order valence-electron chi connectivity index (χ1n) is 9.61. The van der Waals surface area contributed by atoms with E-state index in [9.17, 15) is 18.0 Å². The smallest absolute Gasteiger partial charge is 0.324 e. The minimum atomic E-state index is -3.63. The minimum Gasteiger partial charge on any atom is -0.324 e. The van der Waals surface area contributed by atoms with Crippen LogP contribution < -0.4 is 11.0 Å². The maximum atomic E-state index is 12.9. The van der Waals surface area contributed by atoms with Gasteiger partial charge in [-0.25, -0.2) is 17.9 Å². The highest BCUT2D eigenvalue weighted by Crippen LogP contribution is 2.27. The fourth-order valence-corrected chi connectivity index (χ4v) is 5.53. The van der Waals surface area contributed by atoms with Crippen molar-refractivity contribution in [2.24, 2.45) is 0 Å². The van der Waals surface area contributed by atoms with Crippen molar-refractivity contribution >= 4 is 38.7 Å². The molecule has 2 aromatic heterocycles. The van der Waals surface area contributed by atoms with Crippen LogP contribution in [0.4, 0.5) is 5.69 Å². The number of hydrogen-bond donors (Lipinski definition) is 1. The van der Waals surface area contributed by atoms with Gasteiger partial charge in [-0.1, -0.05) is 36.9 Å². The molecule has 11 heteroatoms. The highest BCUT2D eigenvalue weighted by atomic mass is 35.5. The van der Waals surface area contributed by atoms with Gasteiger partial charge >= 0.3 is 5.69 Å². The first-order valence-corrected chi connectivity index (χ1v) is 11.5. The van der Waals surface area contributed by atoms with Crippen LogP contribution in [-0.2, 0) is 21.2 Å². The first kappa shape index (κ1) is 20.5. The lowest BCUT2D eigenvalue weighted by atomic mass is 10.0. The molecule has 1 aromatic carbocycles. The summed E-state index contributed by atoms with van der Waals surface area (Å²) < 4.78 is 27.6. The molecule has 0 aliphatic heterocycles. The third-order valence-electron chi connectivity index (χ3n) is 5.10. The fourth-order valence-electron chi connectivity index (χ4n) is 3.60. The Hall–Kier alpha value is -2.72. The number of nitrogens with zero attached hydrogens (tertiary/aromatic N) is 4. The standard InChI is InChI=1S/C19H20ClN5O4S/c20-13-5-4-6-14(11-13)21-17(26)12-24-19(27)25-16(22-24)9-10-18(23-25)30(28,29)15-7-2-1-3-8-15/h4-6,9-11,15H,1-3,7-8,12H2,(H,21,26). The number of halogens is 1. The molecule has 0 atom stereocenters. The van der Waals surface area contributed by atoms with Crippen molar-refractivity contribution < 1.29 is 13.2 Å². The first-order chi connectivity index (χ1) is 14.3. The van der Waals surface area contributed by atoms with Crippen molar-refractivity contribution in [3.05, 3.63) is 51.9 Å². The van der Waals surface area contributed by atoms with Crippen molar-refractivity contribution in [1.82, 2.24) is 19.4 Å². The summed E-state index contributed by atoms with van der Waals surface area (Å²) in [6.07, 6.45) is 3.96. The van der Waals surface area contributed by atoms with E-state index in [4.69, 9.17) is 11.6 Å². The van der Waals surface area contributed by atoms with Crippen LogP contribution >= 0.6 is 11.6 Å². The molecule has 158 valence electrons. The second-order valence-corrected chi connectivity index (χ2v) is 9.86. The molecule has 1 saturated carbocycles. The zero-order valence-electron chi connectivity index (χ0n) is 16.0. The lowest BCUT2D eigenvalue weighted by Gasteiger charge is -2.20. The summed E-state index contributed by atoms with van der Waals surface area (Å²) in [5.41, 5.74) is -0.0339. The maximum Gasteiger partial charge on any atom is 0.367 e. The predicted octanol–water partition coefficient (Wildman–Crippen LogP) is 2.29. The summed E-state index contributed by atoms with van der Waals surface area (Å²) in [7, 11) is -3.63. The maximum absolute atomic E-state index is 12.9. The molecule has 0 radical (unpaired) electrons. The number of aromatic nitrogens is 4. The average Bonchev–Trinajstić information content (AvgIpc) is 3.03. The molecule has 3 aromatic rings. The Balaban J connectivity index is 1.58. The van der Waals surface area contributed by atoms with Crippen LogP contribution in [0.15, 0.2) is 46.2 Å². The SMILES string of the molecule is O=C(Cn1nc2ccc(S(=O)(=O)C3CCCCC3)nn2c1=O)Nc1cccc(Cl)c1. The second kappa shape index (κ2) is 8.19. The monoisotopic (exact) mass is 449 g/mol. The van der Waals surface area contributed by atoms with E-state index in [2.05, 4.69) is 15.5 Å². The average molecular weight is 450 g/mol. The summed E-state index contributed by atoms with van der Waals surface area (Å²) in [5.74, 6) is -0.474. The number of rotatable bonds is 5. The largest absolute Gasteiger partial charge is 0.367 e. The highest BCUT2D eigenvalue weighted by Gasteiger charge is 2.30. The van der Waals surface area contributed by atoms with Crippen LogP contribution in [0.1, 0.15) is 32.1 Å². The van der Waals surface area contributed by atoms with Crippen molar-refractivity contribution in [2.45, 2.75) is 48.9 Å². The molecule has 1 amide bonds. The molecule has 0 bridgehead atoms. The second-order valence-electron chi connectivity index (χ2n) is 7.25. The number of carbonyl (C=O) groups excluding carboxylic acids is 1. The summed E-state index contributed by atoms with van der Waals surface area (Å²) in [5, 5.41) is 10.6. The lowest BCUT2D eigenvalue weighted by molar-refractivity contribution is -0.117. The van der Waals surface area contributed by atoms with Crippen LogP contribution in [0.3, 0.4) is 0 Å². The van der Waals surface area contributed by atoms with E-state index >= 15 is 0 Å². The molecular weight excluding hydrogens is 430 g/mol. The van der Waals surface area contributed by atoms with Crippen LogP contribution in [0.5, 0.6) is 0 Å². The normalized spacial score (nSPS) is 15.4. The summed E-state index contributed by atoms with van der Waals surface area (Å²) >= 11 is 5.90. The molecule has 0 saturated heterocycles. The number of benzene rings is 1. The Morgan fingerprint density at radius 2 is 1.90 bits per heavy atom. The van der Waals surface area contributed by atoms with E-state index < -0.39 is 26.7 Å². The molecule has 1 aliphatic carbocycles. The molecule has 1 fully saturated rings. The third-order valence-corrected chi connectivity index (χ3v) is 7.48. The van der Waals surface area contributed by atoms with Gasteiger partial charge in [0.2, 0.25) is 5.91 Å². The van der Waals surface area contributed by atoms with Crippen molar-refractivity contribution in [3.63, 3.8) is 0 Å². The number of anilines is 1. The Morgan fingerprint density at radius 1 is 1.13 bits per heavy atom. The topological polar surface area (TPSA) is 115 Å². The molecule has 0 spiro atoms. The van der Waals surface area contributed by atoms with Gasteiger partial charge in [-0.05, 0) is 43.2 Å². The fraction of sp³-hybridized carbons (Fsp3) is 0.368. The minimum absolute atomic E-state index is 0.146. The van der Waals surface area contributed by atoms with Crippen molar-refractivity contribution in [1.29, 1.82) is 0 Å². The molecule has 4 rings (SSSR count). The molecular formula is C19H20ClN5O4S. The Kier molecular flexibility index (Phi) is 5.61. The number of fused-ring (bicyclic) bond motifs is 1. The van der Waals surface area contributed by atoms with Crippen LogP contribution in [0.2, 0.25) is 5.02 Å². The highest BCUT2D eigenvalue weighted by molar-refractivity contribution is 7.92. The summed E-state index contributed by atoms with van der Waals surface area (Å²) in [6.45, 7) is -0.348. The number of sulfone groups is 1. The van der Waals surface area contributed by atoms with Gasteiger partial charge in [0.05, 0.1) is 5.25 Å². The van der Waals surface area contributed by atoms with Gasteiger partial charge < -0.3 is 5.32 Å². The Labute approximate surface area is 177 Å². The number of amides is 1. The zero-order valence-corrected chi connectivity index (χ0v) is 17.6. The molecule has 30 heavy (non-hydrogen) atoms. The molecule has 2 heterocycles. The Morgan fingerprint density at radius 3 is 2.63 bits per heavy atom. The zero-order chi connectivity index (χ0) is 21.3. The van der Waals surface area contributed by atoms with Gasteiger partial charge in [-0.3, -0.25) is 4.79 Å². The van der Waals surface area contributed by atoms with Crippen LogP contribution in [0, 0.1) is 0 Å². The lowest BCUT2D eigenvalue weighted by Crippen LogP contribution is -2.30. The molecule has 9 nitrogen and oxygen atoms in total. The number of carbonyl (C=O) groups is 1. The van der Waals surface area contributed by atoms with E-state index in [0.29, 0.717) is 23.6 Å². The quantitative estimate of drug-likeness (QED) is 0.638. The van der Waals surface area contributed by atoms with Crippen molar-refractivity contribution in [3.8, 4) is 0 Å². The van der Waals surface area contributed by atoms with E-state index in [-0.39, 0.29) is 17.2 Å². The molecule has 1 aliphatic rings. The van der Waals surface area contributed by atoms with E-state index in [0.717, 1.165) is 28.5 Å². The number of hydrogen-bond acceptors (Lipinski definition) is 6. The van der Waals surface area contributed by atoms with Gasteiger partial charge in [0.25, 0.3) is 0 Å². The van der Waals surface area contributed by atoms with E-state index in [1.54, 1.807) is 24.3 Å². The summed E-state index contributed by atoms with van der Waals surface area (Å²) in [6, 6.07) is 9.40. The van der Waals surface area contributed by atoms with E-state index in [1.165, 1.54) is 12.1 Å². The van der Waals surface area contributed by atoms with Crippen molar-refractivity contribution in [2.75, 3.05) is 5.32 Å². The van der Waals surface area contributed by atoms with Gasteiger partial charge in [0.1, 0.15) is 6.54 Å². The molecule has 0 unspecified atom stereocenters. The van der Waals surface area contributed by atoms with Gasteiger partial charge in [0.15, 0.2) is 20.5 Å².